The molecule has 0 unspecified atom stereocenters. The standard InChI is InChI=1S/C27H29FN2O2S/c1-4-15-29(20-13-11-19(28)12-14-20)27(32)24-21-8-5-6-9-22(21)26(31)30(17-18(2)3)25(24)23-10-7-16-33-23/h5-14,16,18,24-25H,4,15,17H2,1-3H3/t24-,25+/m1/s1. The highest BCUT2D eigenvalue weighted by Crippen LogP contribution is 2.45. The molecular formula is C27H29FN2O2S. The predicted octanol–water partition coefficient (Wildman–Crippen LogP) is 6.27. The molecule has 1 aliphatic heterocycles. The summed E-state index contributed by atoms with van der Waals surface area (Å²) in [7, 11) is 0. The minimum atomic E-state index is -0.548. The van der Waals surface area contributed by atoms with Crippen LogP contribution in [-0.4, -0.2) is 29.8 Å². The van der Waals surface area contributed by atoms with Crippen LogP contribution in [0.3, 0.4) is 0 Å². The van der Waals surface area contributed by atoms with E-state index in [1.54, 1.807) is 28.4 Å². The van der Waals surface area contributed by atoms with Crippen LogP contribution in [0.15, 0.2) is 66.0 Å². The number of hydrogen-bond donors (Lipinski definition) is 0. The lowest BCUT2D eigenvalue weighted by atomic mass is 9.80. The number of carbonyl (C=O) groups is 2. The molecule has 6 heteroatoms. The Kier molecular flexibility index (Phi) is 6.94. The van der Waals surface area contributed by atoms with E-state index in [0.29, 0.717) is 24.3 Å². The van der Waals surface area contributed by atoms with Gasteiger partial charge in [0.25, 0.3) is 5.91 Å². The summed E-state index contributed by atoms with van der Waals surface area (Å²) in [6, 6.07) is 17.1. The van der Waals surface area contributed by atoms with Crippen LogP contribution in [0.5, 0.6) is 0 Å². The number of rotatable bonds is 7. The Hall–Kier alpha value is -2.99. The number of fused-ring (bicyclic) bond motifs is 1. The highest BCUT2D eigenvalue weighted by atomic mass is 32.1. The molecule has 33 heavy (non-hydrogen) atoms. The smallest absolute Gasteiger partial charge is 0.254 e. The fraction of sp³-hybridized carbons (Fsp3) is 0.333. The van der Waals surface area contributed by atoms with Gasteiger partial charge in [0.15, 0.2) is 0 Å². The van der Waals surface area contributed by atoms with Crippen LogP contribution in [0.25, 0.3) is 0 Å². The van der Waals surface area contributed by atoms with Gasteiger partial charge < -0.3 is 9.80 Å². The molecule has 3 aromatic rings. The third-order valence-electron chi connectivity index (χ3n) is 5.95. The molecule has 0 bridgehead atoms. The average molecular weight is 465 g/mol. The Morgan fingerprint density at radius 1 is 1.09 bits per heavy atom. The van der Waals surface area contributed by atoms with Crippen molar-refractivity contribution < 1.29 is 14.0 Å². The maximum Gasteiger partial charge on any atom is 0.254 e. The molecule has 2 atom stereocenters. The third kappa shape index (κ3) is 4.58. The van der Waals surface area contributed by atoms with Gasteiger partial charge in [0.05, 0.1) is 12.0 Å². The van der Waals surface area contributed by atoms with Gasteiger partial charge in [-0.25, -0.2) is 4.39 Å². The Labute approximate surface area is 198 Å². The number of carbonyl (C=O) groups excluding carboxylic acids is 2. The van der Waals surface area contributed by atoms with Gasteiger partial charge in [-0.1, -0.05) is 45.0 Å². The summed E-state index contributed by atoms with van der Waals surface area (Å²) < 4.78 is 13.6. The molecule has 2 heterocycles. The molecule has 0 fully saturated rings. The highest BCUT2D eigenvalue weighted by molar-refractivity contribution is 7.10. The van der Waals surface area contributed by atoms with Crippen molar-refractivity contribution in [3.05, 3.63) is 87.9 Å². The van der Waals surface area contributed by atoms with E-state index in [0.717, 1.165) is 16.9 Å². The zero-order valence-corrected chi connectivity index (χ0v) is 20.0. The molecule has 1 aromatic heterocycles. The van der Waals surface area contributed by atoms with Crippen molar-refractivity contribution >= 4 is 28.8 Å². The van der Waals surface area contributed by atoms with Crippen LogP contribution in [0.1, 0.15) is 60.0 Å². The second kappa shape index (κ2) is 9.87. The summed E-state index contributed by atoms with van der Waals surface area (Å²) in [6.07, 6.45) is 0.760. The molecule has 4 nitrogen and oxygen atoms in total. The van der Waals surface area contributed by atoms with Gasteiger partial charge in [0, 0.05) is 29.2 Å². The van der Waals surface area contributed by atoms with E-state index in [2.05, 4.69) is 13.8 Å². The van der Waals surface area contributed by atoms with Crippen molar-refractivity contribution in [2.45, 2.75) is 39.2 Å². The predicted molar refractivity (Wildman–Crippen MR) is 131 cm³/mol. The van der Waals surface area contributed by atoms with Crippen molar-refractivity contribution in [3.8, 4) is 0 Å². The van der Waals surface area contributed by atoms with Gasteiger partial charge >= 0.3 is 0 Å². The second-order valence-corrected chi connectivity index (χ2v) is 9.82. The summed E-state index contributed by atoms with van der Waals surface area (Å²) in [5.41, 5.74) is 2.01. The lowest BCUT2D eigenvalue weighted by molar-refractivity contribution is -0.121. The number of nitrogens with zero attached hydrogens (tertiary/aromatic N) is 2. The SMILES string of the molecule is CCCN(C(=O)[C@@H]1c2ccccc2C(=O)N(CC(C)C)[C@H]1c1cccs1)c1ccc(F)cc1. The first kappa shape index (κ1) is 23.2. The normalized spacial score (nSPS) is 17.8. The molecule has 172 valence electrons. The fourth-order valence-corrected chi connectivity index (χ4v) is 5.48. The van der Waals surface area contributed by atoms with Gasteiger partial charge in [-0.3, -0.25) is 9.59 Å². The van der Waals surface area contributed by atoms with Gasteiger partial charge in [-0.2, -0.15) is 0 Å². The number of halogens is 1. The maximum absolute atomic E-state index is 14.3. The Bertz CT molecular complexity index is 1110. The molecule has 0 saturated carbocycles. The van der Waals surface area contributed by atoms with Gasteiger partial charge in [-0.05, 0) is 59.7 Å². The van der Waals surface area contributed by atoms with E-state index >= 15 is 0 Å². The lowest BCUT2D eigenvalue weighted by Gasteiger charge is -2.43. The molecule has 4 rings (SSSR count). The summed E-state index contributed by atoms with van der Waals surface area (Å²) in [4.78, 5) is 32.5. The quantitative estimate of drug-likeness (QED) is 0.414. The minimum Gasteiger partial charge on any atom is -0.329 e. The van der Waals surface area contributed by atoms with E-state index in [9.17, 15) is 14.0 Å². The summed E-state index contributed by atoms with van der Waals surface area (Å²) >= 11 is 1.57. The van der Waals surface area contributed by atoms with Crippen LogP contribution in [0, 0.1) is 11.7 Å². The second-order valence-electron chi connectivity index (χ2n) is 8.84. The van der Waals surface area contributed by atoms with Crippen molar-refractivity contribution in [1.29, 1.82) is 0 Å². The summed E-state index contributed by atoms with van der Waals surface area (Å²) in [6.45, 7) is 7.25. The van der Waals surface area contributed by atoms with E-state index in [1.165, 1.54) is 12.1 Å². The molecule has 2 amide bonds. The van der Waals surface area contributed by atoms with Crippen LogP contribution >= 0.6 is 11.3 Å². The molecule has 2 aromatic carbocycles. The van der Waals surface area contributed by atoms with E-state index in [1.807, 2.05) is 53.6 Å². The molecular weight excluding hydrogens is 435 g/mol. The molecule has 0 N–H and O–H groups in total. The first-order valence-corrected chi connectivity index (χ1v) is 12.3. The molecule has 0 radical (unpaired) electrons. The Morgan fingerprint density at radius 3 is 2.45 bits per heavy atom. The largest absolute Gasteiger partial charge is 0.329 e. The first-order chi connectivity index (χ1) is 15.9. The van der Waals surface area contributed by atoms with Crippen LogP contribution in [0.4, 0.5) is 10.1 Å². The van der Waals surface area contributed by atoms with Crippen molar-refractivity contribution in [3.63, 3.8) is 0 Å². The van der Waals surface area contributed by atoms with Crippen molar-refractivity contribution in [1.82, 2.24) is 4.90 Å². The lowest BCUT2D eigenvalue weighted by Crippen LogP contribution is -2.49. The highest BCUT2D eigenvalue weighted by Gasteiger charge is 2.46. The van der Waals surface area contributed by atoms with Crippen LogP contribution in [-0.2, 0) is 4.79 Å². The molecule has 0 aliphatic carbocycles. The Balaban J connectivity index is 1.87. The average Bonchev–Trinajstić information content (AvgIpc) is 3.34. The zero-order chi connectivity index (χ0) is 23.5. The molecule has 0 spiro atoms. The third-order valence-corrected chi connectivity index (χ3v) is 6.90. The summed E-state index contributed by atoms with van der Waals surface area (Å²) in [5.74, 6) is -0.744. The van der Waals surface area contributed by atoms with Gasteiger partial charge in [-0.15, -0.1) is 11.3 Å². The number of benzene rings is 2. The van der Waals surface area contributed by atoms with Gasteiger partial charge in [0.1, 0.15) is 5.82 Å². The van der Waals surface area contributed by atoms with Gasteiger partial charge in [0.2, 0.25) is 5.91 Å². The monoisotopic (exact) mass is 464 g/mol. The maximum atomic E-state index is 14.3. The van der Waals surface area contributed by atoms with Crippen molar-refractivity contribution in [2.24, 2.45) is 5.92 Å². The van der Waals surface area contributed by atoms with E-state index in [4.69, 9.17) is 0 Å². The Morgan fingerprint density at radius 2 is 1.82 bits per heavy atom. The number of thiophene rings is 1. The topological polar surface area (TPSA) is 40.6 Å². The minimum absolute atomic E-state index is 0.0365. The number of hydrogen-bond acceptors (Lipinski definition) is 3. The number of anilines is 1. The molecule has 1 aliphatic rings. The van der Waals surface area contributed by atoms with Crippen LogP contribution < -0.4 is 4.90 Å². The van der Waals surface area contributed by atoms with E-state index in [-0.39, 0.29) is 29.6 Å². The summed E-state index contributed by atoms with van der Waals surface area (Å²) in [5, 5.41) is 1.99. The zero-order valence-electron chi connectivity index (χ0n) is 19.2. The fourth-order valence-electron chi connectivity index (χ4n) is 4.61. The van der Waals surface area contributed by atoms with Crippen molar-refractivity contribution in [2.75, 3.05) is 18.0 Å². The van der Waals surface area contributed by atoms with Crippen LogP contribution in [0.2, 0.25) is 0 Å². The molecule has 0 saturated heterocycles. The number of amides is 2. The first-order valence-electron chi connectivity index (χ1n) is 11.4. The van der Waals surface area contributed by atoms with E-state index < -0.39 is 5.92 Å².